The minimum absolute atomic E-state index is 0.372. The molecule has 0 bridgehead atoms. The second-order valence-corrected chi connectivity index (χ2v) is 10.5. The van der Waals surface area contributed by atoms with Crippen molar-refractivity contribution in [1.82, 2.24) is 14.5 Å². The fourth-order valence-electron chi connectivity index (χ4n) is 5.28. The molecular weight excluding hydrogens is 422 g/mol. The quantitative estimate of drug-likeness (QED) is 0.569. The van der Waals surface area contributed by atoms with E-state index in [0.29, 0.717) is 17.0 Å². The second kappa shape index (κ2) is 8.70. The Balaban J connectivity index is 1.76. The number of aliphatic hydroxyl groups is 2. The normalized spacial score (nSPS) is 19.0. The van der Waals surface area contributed by atoms with Crippen LogP contribution < -0.4 is 0 Å². The molecule has 3 aromatic rings. The monoisotopic (exact) mass is 457 g/mol. The number of hydrogen-bond donors (Lipinski definition) is 2. The van der Waals surface area contributed by atoms with Crippen LogP contribution in [-0.4, -0.2) is 44.8 Å². The van der Waals surface area contributed by atoms with Crippen molar-refractivity contribution < 1.29 is 10.2 Å². The smallest absolute Gasteiger partial charge is 0.163 e. The van der Waals surface area contributed by atoms with Gasteiger partial charge in [-0.05, 0) is 49.2 Å². The lowest BCUT2D eigenvalue weighted by molar-refractivity contribution is -0.127. The molecule has 34 heavy (non-hydrogen) atoms. The summed E-state index contributed by atoms with van der Waals surface area (Å²) in [7, 11) is 3.95. The van der Waals surface area contributed by atoms with Gasteiger partial charge in [0.2, 0.25) is 0 Å². The minimum Gasteiger partial charge on any atom is -0.380 e. The SMILES string of the molecule is CC(C)c1ccc([C@](O)(c2cncc(C#CC(C)(O)c3cccn3C)c2)C2(C)CN(C)C2)cc1. The average Bonchev–Trinajstić information content (AvgIpc) is 3.23. The highest BCUT2D eigenvalue weighted by Gasteiger charge is 2.55. The van der Waals surface area contributed by atoms with Gasteiger partial charge in [-0.3, -0.25) is 4.98 Å². The zero-order valence-corrected chi connectivity index (χ0v) is 21.0. The molecule has 5 nitrogen and oxygen atoms in total. The number of benzene rings is 1. The Hall–Kier alpha value is -2.91. The molecule has 3 heterocycles. The third kappa shape index (κ3) is 4.18. The maximum atomic E-state index is 12.4. The van der Waals surface area contributed by atoms with E-state index in [2.05, 4.69) is 61.7 Å². The predicted octanol–water partition coefficient (Wildman–Crippen LogP) is 3.99. The highest BCUT2D eigenvalue weighted by atomic mass is 16.3. The highest BCUT2D eigenvalue weighted by Crippen LogP contribution is 2.50. The summed E-state index contributed by atoms with van der Waals surface area (Å²) < 4.78 is 1.86. The van der Waals surface area contributed by atoms with E-state index in [-0.39, 0.29) is 5.41 Å². The van der Waals surface area contributed by atoms with E-state index in [1.807, 2.05) is 48.1 Å². The first-order chi connectivity index (χ1) is 16.0. The largest absolute Gasteiger partial charge is 0.380 e. The molecule has 0 amide bonds. The minimum atomic E-state index is -1.31. The molecule has 1 aliphatic heterocycles. The van der Waals surface area contributed by atoms with Crippen molar-refractivity contribution in [3.63, 3.8) is 0 Å². The van der Waals surface area contributed by atoms with Crippen LogP contribution in [0.4, 0.5) is 0 Å². The van der Waals surface area contributed by atoms with Gasteiger partial charge in [0.25, 0.3) is 0 Å². The number of aryl methyl sites for hydroxylation is 1. The third-order valence-corrected chi connectivity index (χ3v) is 7.16. The van der Waals surface area contributed by atoms with Crippen LogP contribution in [0.5, 0.6) is 0 Å². The molecule has 2 atom stereocenters. The highest BCUT2D eigenvalue weighted by molar-refractivity contribution is 5.45. The summed E-state index contributed by atoms with van der Waals surface area (Å²) in [5, 5.41) is 23.3. The van der Waals surface area contributed by atoms with Crippen LogP contribution in [0, 0.1) is 17.3 Å². The summed E-state index contributed by atoms with van der Waals surface area (Å²) in [5.41, 5.74) is 1.28. The Morgan fingerprint density at radius 3 is 2.26 bits per heavy atom. The molecule has 0 spiro atoms. The van der Waals surface area contributed by atoms with Gasteiger partial charge in [-0.1, -0.05) is 56.9 Å². The van der Waals surface area contributed by atoms with Crippen molar-refractivity contribution in [2.45, 2.75) is 44.8 Å². The molecule has 2 aromatic heterocycles. The molecule has 178 valence electrons. The zero-order valence-electron chi connectivity index (χ0n) is 21.0. The lowest BCUT2D eigenvalue weighted by atomic mass is 9.62. The van der Waals surface area contributed by atoms with E-state index in [1.165, 1.54) is 5.56 Å². The van der Waals surface area contributed by atoms with Gasteiger partial charge in [0.15, 0.2) is 5.60 Å². The van der Waals surface area contributed by atoms with Crippen LogP contribution in [0.1, 0.15) is 61.6 Å². The van der Waals surface area contributed by atoms with Gasteiger partial charge in [-0.2, -0.15) is 0 Å². The van der Waals surface area contributed by atoms with Crippen molar-refractivity contribution in [3.05, 3.63) is 89.0 Å². The lowest BCUT2D eigenvalue weighted by Crippen LogP contribution is -2.63. The topological polar surface area (TPSA) is 61.5 Å². The molecule has 2 N–H and O–H groups in total. The van der Waals surface area contributed by atoms with Crippen molar-refractivity contribution >= 4 is 0 Å². The van der Waals surface area contributed by atoms with E-state index >= 15 is 0 Å². The van der Waals surface area contributed by atoms with Gasteiger partial charge < -0.3 is 19.7 Å². The fourth-order valence-corrected chi connectivity index (χ4v) is 5.28. The third-order valence-electron chi connectivity index (χ3n) is 7.16. The molecule has 0 saturated carbocycles. The maximum absolute atomic E-state index is 12.4. The fraction of sp³-hybridized carbons (Fsp3) is 0.414. The molecule has 0 radical (unpaired) electrons. The molecule has 4 rings (SSSR count). The Morgan fingerprint density at radius 1 is 1.03 bits per heavy atom. The van der Waals surface area contributed by atoms with Gasteiger partial charge in [0, 0.05) is 55.3 Å². The molecule has 5 heteroatoms. The summed E-state index contributed by atoms with van der Waals surface area (Å²) in [4.78, 5) is 6.64. The summed E-state index contributed by atoms with van der Waals surface area (Å²) in [5.74, 6) is 6.49. The Morgan fingerprint density at radius 2 is 1.71 bits per heavy atom. The summed E-state index contributed by atoms with van der Waals surface area (Å²) in [6, 6.07) is 13.9. The van der Waals surface area contributed by atoms with Crippen LogP contribution in [0.15, 0.2) is 61.1 Å². The summed E-state index contributed by atoms with van der Waals surface area (Å²) in [6.07, 6.45) is 5.30. The van der Waals surface area contributed by atoms with Gasteiger partial charge in [0.05, 0.1) is 5.69 Å². The number of likely N-dealkylation sites (tertiary alicyclic amines) is 1. The van der Waals surface area contributed by atoms with Crippen LogP contribution in [-0.2, 0) is 18.2 Å². The average molecular weight is 458 g/mol. The number of rotatable bonds is 5. The Kier molecular flexibility index (Phi) is 6.20. The van der Waals surface area contributed by atoms with E-state index in [4.69, 9.17) is 0 Å². The Labute approximate surface area is 203 Å². The van der Waals surface area contributed by atoms with Crippen LogP contribution >= 0.6 is 0 Å². The molecule has 1 aromatic carbocycles. The molecule has 1 unspecified atom stereocenters. The summed E-state index contributed by atoms with van der Waals surface area (Å²) in [6.45, 7) is 9.69. The van der Waals surface area contributed by atoms with Gasteiger partial charge in [-0.25, -0.2) is 0 Å². The number of pyridine rings is 1. The number of nitrogens with zero attached hydrogens (tertiary/aromatic N) is 3. The van der Waals surface area contributed by atoms with Gasteiger partial charge >= 0.3 is 0 Å². The van der Waals surface area contributed by atoms with Crippen LogP contribution in [0.3, 0.4) is 0 Å². The van der Waals surface area contributed by atoms with Crippen molar-refractivity contribution in [2.75, 3.05) is 20.1 Å². The first-order valence-corrected chi connectivity index (χ1v) is 11.8. The predicted molar refractivity (Wildman–Crippen MR) is 135 cm³/mol. The van der Waals surface area contributed by atoms with E-state index in [1.54, 1.807) is 19.3 Å². The van der Waals surface area contributed by atoms with Gasteiger partial charge in [0.1, 0.15) is 5.60 Å². The molecular formula is C29H35N3O2. The molecule has 1 fully saturated rings. The second-order valence-electron chi connectivity index (χ2n) is 10.5. The lowest BCUT2D eigenvalue weighted by Gasteiger charge is -2.55. The maximum Gasteiger partial charge on any atom is 0.163 e. The number of hydrogen-bond acceptors (Lipinski definition) is 4. The standard InChI is InChI=1S/C29H35N3O2/c1-21(2)23-9-11-24(12-10-23)29(34,27(3)19-31(5)20-27)25-16-22(17-30-18-25)13-14-28(4,33)26-8-7-15-32(26)6/h7-12,15-18,21,33-34H,19-20H2,1-6H3/t28?,29-/m0/s1. The van der Waals surface area contributed by atoms with Crippen LogP contribution in [0.25, 0.3) is 0 Å². The van der Waals surface area contributed by atoms with Crippen molar-refractivity contribution in [1.29, 1.82) is 0 Å². The molecule has 0 aliphatic carbocycles. The van der Waals surface area contributed by atoms with E-state index in [9.17, 15) is 10.2 Å². The molecule has 1 aliphatic rings. The zero-order chi connectivity index (χ0) is 24.7. The first kappa shape index (κ1) is 24.2. The first-order valence-electron chi connectivity index (χ1n) is 11.8. The van der Waals surface area contributed by atoms with E-state index < -0.39 is 11.2 Å². The van der Waals surface area contributed by atoms with Crippen molar-refractivity contribution in [2.24, 2.45) is 12.5 Å². The van der Waals surface area contributed by atoms with E-state index in [0.717, 1.165) is 24.3 Å². The van der Waals surface area contributed by atoms with Gasteiger partial charge in [-0.15, -0.1) is 0 Å². The van der Waals surface area contributed by atoms with Crippen molar-refractivity contribution in [3.8, 4) is 11.8 Å². The number of aromatic nitrogens is 2. The Bertz CT molecular complexity index is 1220. The van der Waals surface area contributed by atoms with Crippen LogP contribution in [0.2, 0.25) is 0 Å². The summed E-state index contributed by atoms with van der Waals surface area (Å²) >= 11 is 0. The molecule has 1 saturated heterocycles.